The number of thiazole rings is 1. The quantitative estimate of drug-likeness (QED) is 0.618. The molecule has 1 heterocycles. The second-order valence-corrected chi connectivity index (χ2v) is 7.33. The number of anilines is 2. The number of nitrogens with zero attached hydrogens (tertiary/aromatic N) is 1. The summed E-state index contributed by atoms with van der Waals surface area (Å²) >= 11 is 1.19. The van der Waals surface area contributed by atoms with Gasteiger partial charge in [-0.3, -0.25) is 14.9 Å². The first kappa shape index (κ1) is 20.5. The lowest BCUT2D eigenvalue weighted by Crippen LogP contribution is -2.30. The van der Waals surface area contributed by atoms with Crippen molar-refractivity contribution in [1.82, 2.24) is 4.98 Å². The van der Waals surface area contributed by atoms with Gasteiger partial charge in [-0.05, 0) is 44.2 Å². The highest BCUT2D eigenvalue weighted by Gasteiger charge is 2.17. The third-order valence-electron chi connectivity index (χ3n) is 4.00. The molecule has 0 saturated heterocycles. The van der Waals surface area contributed by atoms with E-state index in [1.165, 1.54) is 30.4 Å². The molecule has 2 N–H and O–H groups in total. The van der Waals surface area contributed by atoms with Crippen LogP contribution in [0.3, 0.4) is 0 Å². The number of amides is 2. The second kappa shape index (κ2) is 8.83. The Labute approximate surface area is 171 Å². The zero-order valence-corrected chi connectivity index (χ0v) is 17.0. The molecule has 0 bridgehead atoms. The summed E-state index contributed by atoms with van der Waals surface area (Å²) in [5.41, 5.74) is 2.13. The minimum atomic E-state index is -0.723. The molecule has 0 radical (unpaired) electrons. The molecule has 1 atom stereocenters. The molecule has 6 nitrogen and oxygen atoms in total. The van der Waals surface area contributed by atoms with Gasteiger partial charge in [0.25, 0.3) is 5.91 Å². The lowest BCUT2D eigenvalue weighted by atomic mass is 10.1. The van der Waals surface area contributed by atoms with Gasteiger partial charge < -0.3 is 10.1 Å². The Balaban J connectivity index is 1.66. The molecule has 2 amide bonds. The summed E-state index contributed by atoms with van der Waals surface area (Å²) in [7, 11) is 0. The summed E-state index contributed by atoms with van der Waals surface area (Å²) in [6, 6.07) is 11.8. The van der Waals surface area contributed by atoms with E-state index < -0.39 is 11.9 Å². The van der Waals surface area contributed by atoms with Crippen LogP contribution in [0.4, 0.5) is 15.2 Å². The van der Waals surface area contributed by atoms with E-state index in [4.69, 9.17) is 4.74 Å². The van der Waals surface area contributed by atoms with Crippen molar-refractivity contribution in [3.63, 3.8) is 0 Å². The second-order valence-electron chi connectivity index (χ2n) is 6.48. The molecule has 0 saturated carbocycles. The molecule has 1 aromatic heterocycles. The van der Waals surface area contributed by atoms with Gasteiger partial charge in [-0.1, -0.05) is 17.7 Å². The molecule has 29 heavy (non-hydrogen) atoms. The smallest absolute Gasteiger partial charge is 0.266 e. The highest BCUT2D eigenvalue weighted by Crippen LogP contribution is 2.29. The van der Waals surface area contributed by atoms with E-state index in [9.17, 15) is 14.0 Å². The van der Waals surface area contributed by atoms with Crippen molar-refractivity contribution < 1.29 is 18.7 Å². The summed E-state index contributed by atoms with van der Waals surface area (Å²) in [4.78, 5) is 27.7. The number of ether oxygens (including phenoxy) is 1. The standard InChI is InChI=1S/C21H20FN3O3S/c1-12-4-7-16(8-5-12)28-13(2)20(27)25-21-24-19(11-29-21)17-9-6-15(10-18(17)22)23-14(3)26/h4-11,13H,1-3H3,(H,23,26)(H,24,25,27). The molecule has 0 spiro atoms. The monoisotopic (exact) mass is 413 g/mol. The minimum Gasteiger partial charge on any atom is -0.481 e. The highest BCUT2D eigenvalue weighted by molar-refractivity contribution is 7.14. The summed E-state index contributed by atoms with van der Waals surface area (Å²) in [6.45, 7) is 4.96. The van der Waals surface area contributed by atoms with Gasteiger partial charge >= 0.3 is 0 Å². The van der Waals surface area contributed by atoms with Gasteiger partial charge in [0.15, 0.2) is 11.2 Å². The number of nitrogens with one attached hydrogen (secondary N) is 2. The van der Waals surface area contributed by atoms with Gasteiger partial charge in [0.05, 0.1) is 5.69 Å². The number of hydrogen-bond acceptors (Lipinski definition) is 5. The van der Waals surface area contributed by atoms with E-state index >= 15 is 0 Å². The van der Waals surface area contributed by atoms with Gasteiger partial charge in [-0.15, -0.1) is 11.3 Å². The van der Waals surface area contributed by atoms with Crippen LogP contribution in [0.25, 0.3) is 11.3 Å². The van der Waals surface area contributed by atoms with Crippen molar-refractivity contribution in [2.45, 2.75) is 26.9 Å². The number of hydrogen-bond donors (Lipinski definition) is 2. The van der Waals surface area contributed by atoms with Crippen LogP contribution in [-0.4, -0.2) is 22.9 Å². The molecular weight excluding hydrogens is 393 g/mol. The van der Waals surface area contributed by atoms with E-state index in [0.717, 1.165) is 5.56 Å². The van der Waals surface area contributed by atoms with E-state index in [1.807, 2.05) is 19.1 Å². The van der Waals surface area contributed by atoms with Crippen molar-refractivity contribution in [2.75, 3.05) is 10.6 Å². The van der Waals surface area contributed by atoms with Crippen LogP contribution in [0.1, 0.15) is 19.4 Å². The van der Waals surface area contributed by atoms with Gasteiger partial charge in [-0.25, -0.2) is 9.37 Å². The van der Waals surface area contributed by atoms with Gasteiger partial charge in [0.2, 0.25) is 5.91 Å². The van der Waals surface area contributed by atoms with E-state index in [-0.39, 0.29) is 17.4 Å². The predicted octanol–water partition coefficient (Wildman–Crippen LogP) is 4.62. The molecule has 1 unspecified atom stereocenters. The number of aromatic nitrogens is 1. The normalized spacial score (nSPS) is 11.6. The first-order valence-corrected chi connectivity index (χ1v) is 9.77. The molecule has 8 heteroatoms. The lowest BCUT2D eigenvalue weighted by Gasteiger charge is -2.13. The number of aryl methyl sites for hydroxylation is 1. The molecule has 0 aliphatic carbocycles. The first-order chi connectivity index (χ1) is 13.8. The Kier molecular flexibility index (Phi) is 6.23. The number of rotatable bonds is 6. The Morgan fingerprint density at radius 2 is 1.86 bits per heavy atom. The van der Waals surface area contributed by atoms with Crippen LogP contribution < -0.4 is 15.4 Å². The third kappa shape index (κ3) is 5.39. The summed E-state index contributed by atoms with van der Waals surface area (Å²) in [6.07, 6.45) is -0.723. The Hall–Kier alpha value is -3.26. The maximum absolute atomic E-state index is 14.4. The fourth-order valence-electron chi connectivity index (χ4n) is 2.54. The SMILES string of the molecule is CC(=O)Nc1ccc(-c2csc(NC(=O)C(C)Oc3ccc(C)cc3)n2)c(F)c1. The maximum atomic E-state index is 14.4. The van der Waals surface area contributed by atoms with Crippen molar-refractivity contribution in [3.8, 4) is 17.0 Å². The number of carbonyl (C=O) groups is 2. The summed E-state index contributed by atoms with van der Waals surface area (Å²) in [5.74, 6) is -0.555. The molecule has 150 valence electrons. The van der Waals surface area contributed by atoms with Crippen LogP contribution in [0, 0.1) is 12.7 Å². The average molecular weight is 413 g/mol. The molecule has 0 fully saturated rings. The molecule has 3 rings (SSSR count). The molecule has 0 aliphatic rings. The predicted molar refractivity (Wildman–Crippen MR) is 112 cm³/mol. The van der Waals surface area contributed by atoms with Crippen molar-refractivity contribution in [2.24, 2.45) is 0 Å². The maximum Gasteiger partial charge on any atom is 0.266 e. The van der Waals surface area contributed by atoms with Gasteiger partial charge in [-0.2, -0.15) is 0 Å². The Morgan fingerprint density at radius 1 is 1.14 bits per heavy atom. The highest BCUT2D eigenvalue weighted by atomic mass is 32.1. The average Bonchev–Trinajstić information content (AvgIpc) is 3.11. The molecule has 2 aromatic carbocycles. The number of benzene rings is 2. The largest absolute Gasteiger partial charge is 0.481 e. The fraction of sp³-hybridized carbons (Fsp3) is 0.190. The topological polar surface area (TPSA) is 80.3 Å². The minimum absolute atomic E-state index is 0.278. The van der Waals surface area contributed by atoms with Gasteiger partial charge in [0.1, 0.15) is 11.6 Å². The number of halogens is 1. The first-order valence-electron chi connectivity index (χ1n) is 8.89. The summed E-state index contributed by atoms with van der Waals surface area (Å²) < 4.78 is 20.0. The van der Waals surface area contributed by atoms with Crippen LogP contribution >= 0.6 is 11.3 Å². The van der Waals surface area contributed by atoms with Gasteiger partial charge in [0, 0.05) is 23.6 Å². The van der Waals surface area contributed by atoms with Crippen LogP contribution in [-0.2, 0) is 9.59 Å². The molecule has 3 aromatic rings. The Morgan fingerprint density at radius 3 is 2.52 bits per heavy atom. The van der Waals surface area contributed by atoms with Crippen molar-refractivity contribution in [3.05, 3.63) is 59.2 Å². The van der Waals surface area contributed by atoms with Crippen molar-refractivity contribution in [1.29, 1.82) is 0 Å². The lowest BCUT2D eigenvalue weighted by molar-refractivity contribution is -0.122. The zero-order valence-electron chi connectivity index (χ0n) is 16.2. The molecule has 0 aliphatic heterocycles. The zero-order chi connectivity index (χ0) is 21.0. The van der Waals surface area contributed by atoms with Crippen LogP contribution in [0.2, 0.25) is 0 Å². The fourth-order valence-corrected chi connectivity index (χ4v) is 3.25. The van der Waals surface area contributed by atoms with Crippen LogP contribution in [0.5, 0.6) is 5.75 Å². The third-order valence-corrected chi connectivity index (χ3v) is 4.76. The van der Waals surface area contributed by atoms with E-state index in [2.05, 4.69) is 15.6 Å². The number of carbonyl (C=O) groups excluding carboxylic acids is 2. The Bertz CT molecular complexity index is 1030. The molecular formula is C21H20FN3O3S. The van der Waals surface area contributed by atoms with Crippen molar-refractivity contribution >= 4 is 34.0 Å². The summed E-state index contributed by atoms with van der Waals surface area (Å²) in [5, 5.41) is 7.20. The van der Waals surface area contributed by atoms with E-state index in [0.29, 0.717) is 22.3 Å². The van der Waals surface area contributed by atoms with Crippen LogP contribution in [0.15, 0.2) is 47.8 Å². The van der Waals surface area contributed by atoms with E-state index in [1.54, 1.807) is 30.5 Å².